The third-order valence-corrected chi connectivity index (χ3v) is 7.06. The van der Waals surface area contributed by atoms with Gasteiger partial charge in [0.2, 0.25) is 6.29 Å². The van der Waals surface area contributed by atoms with Crippen LogP contribution >= 0.6 is 0 Å². The van der Waals surface area contributed by atoms with E-state index in [0.717, 1.165) is 6.07 Å². The lowest BCUT2D eigenvalue weighted by atomic mass is 9.95. The second-order valence-corrected chi connectivity index (χ2v) is 9.82. The van der Waals surface area contributed by atoms with Crippen molar-refractivity contribution in [3.63, 3.8) is 0 Å². The van der Waals surface area contributed by atoms with Gasteiger partial charge in [-0.3, -0.25) is 4.79 Å². The predicted molar refractivity (Wildman–Crippen MR) is 130 cm³/mol. The van der Waals surface area contributed by atoms with Crippen LogP contribution in [0.5, 0.6) is 23.0 Å². The molecule has 8 N–H and O–H groups in total. The van der Waals surface area contributed by atoms with Gasteiger partial charge in [-0.1, -0.05) is 12.1 Å². The fraction of sp³-hybridized carbons (Fsp3) is 0.500. The summed E-state index contributed by atoms with van der Waals surface area (Å²) in [6.45, 7) is -1.01. The van der Waals surface area contributed by atoms with Gasteiger partial charge in [-0.05, 0) is 17.7 Å². The number of Topliss-reactive ketones (excluding diaryl/α,β-unsaturated/α-hetero) is 1. The first-order valence-electron chi connectivity index (χ1n) is 12.5. The number of carbonyl (C=O) groups excluding carboxylic acids is 1. The first-order valence-corrected chi connectivity index (χ1v) is 12.5. The van der Waals surface area contributed by atoms with E-state index in [0.29, 0.717) is 5.56 Å². The maximum absolute atomic E-state index is 12.6. The summed E-state index contributed by atoms with van der Waals surface area (Å²) in [5, 5.41) is 80.5. The first kappa shape index (κ1) is 28.5. The van der Waals surface area contributed by atoms with Gasteiger partial charge < -0.3 is 64.5 Å². The number of aliphatic hydroxyl groups excluding tert-OH is 6. The molecule has 14 nitrogen and oxygen atoms in total. The van der Waals surface area contributed by atoms with E-state index in [-0.39, 0.29) is 47.4 Å². The summed E-state index contributed by atoms with van der Waals surface area (Å²) in [5.41, 5.74) is 0.578. The summed E-state index contributed by atoms with van der Waals surface area (Å²) >= 11 is 0. The molecule has 14 heteroatoms. The number of phenolic OH excluding ortho intramolecular Hbond substituents is 2. The van der Waals surface area contributed by atoms with Gasteiger partial charge in [-0.25, -0.2) is 0 Å². The number of ether oxygens (including phenoxy) is 5. The number of rotatable bonds is 6. The quantitative estimate of drug-likeness (QED) is 0.198. The monoisotopic (exact) mass is 566 g/mol. The van der Waals surface area contributed by atoms with Gasteiger partial charge in [0, 0.05) is 12.1 Å². The minimum atomic E-state index is -1.67. The highest BCUT2D eigenvalue weighted by Gasteiger charge is 2.49. The second-order valence-electron chi connectivity index (χ2n) is 9.82. The molecule has 0 radical (unpaired) electrons. The van der Waals surface area contributed by atoms with Gasteiger partial charge in [-0.2, -0.15) is 0 Å². The van der Waals surface area contributed by atoms with Crippen molar-refractivity contribution in [3.05, 3.63) is 47.5 Å². The number of fused-ring (bicyclic) bond motifs is 1. The van der Waals surface area contributed by atoms with E-state index in [9.17, 15) is 45.6 Å². The van der Waals surface area contributed by atoms with Crippen LogP contribution in [0.4, 0.5) is 0 Å². The molecule has 2 fully saturated rings. The van der Waals surface area contributed by atoms with Crippen LogP contribution in [-0.4, -0.2) is 115 Å². The average molecular weight is 567 g/mol. The molecule has 40 heavy (non-hydrogen) atoms. The van der Waals surface area contributed by atoms with Gasteiger partial charge in [0.15, 0.2) is 12.1 Å². The van der Waals surface area contributed by atoms with Crippen molar-refractivity contribution in [3.8, 4) is 23.0 Å². The summed E-state index contributed by atoms with van der Waals surface area (Å²) < 4.78 is 27.8. The molecule has 2 aromatic rings. The number of phenols is 2. The Morgan fingerprint density at radius 1 is 0.900 bits per heavy atom. The Kier molecular flexibility index (Phi) is 8.15. The Morgan fingerprint density at radius 3 is 2.30 bits per heavy atom. The molecule has 0 aromatic heterocycles. The van der Waals surface area contributed by atoms with Crippen molar-refractivity contribution in [2.75, 3.05) is 13.2 Å². The third-order valence-electron chi connectivity index (χ3n) is 7.06. The second kappa shape index (κ2) is 11.4. The number of carbonyl (C=O) groups is 1. The van der Waals surface area contributed by atoms with Crippen LogP contribution in [0.15, 0.2) is 36.4 Å². The van der Waals surface area contributed by atoms with E-state index in [1.165, 1.54) is 18.2 Å². The van der Waals surface area contributed by atoms with Crippen molar-refractivity contribution < 1.29 is 69.3 Å². The van der Waals surface area contributed by atoms with Crippen molar-refractivity contribution >= 4 is 5.78 Å². The molecular formula is C26H30O14. The number of hydrogen-bond donors (Lipinski definition) is 8. The molecule has 3 aliphatic rings. The van der Waals surface area contributed by atoms with Crippen molar-refractivity contribution in [2.24, 2.45) is 0 Å². The summed E-state index contributed by atoms with van der Waals surface area (Å²) in [4.78, 5) is 12.6. The highest BCUT2D eigenvalue weighted by atomic mass is 16.7. The highest BCUT2D eigenvalue weighted by molar-refractivity contribution is 6.02. The predicted octanol–water partition coefficient (Wildman–Crippen LogP) is -1.55. The van der Waals surface area contributed by atoms with Crippen LogP contribution in [0.2, 0.25) is 0 Å². The lowest BCUT2D eigenvalue weighted by Gasteiger charge is -2.44. The molecule has 0 unspecified atom stereocenters. The maximum Gasteiger partial charge on any atom is 0.229 e. The zero-order valence-electron chi connectivity index (χ0n) is 20.9. The Morgan fingerprint density at radius 2 is 1.60 bits per heavy atom. The van der Waals surface area contributed by atoms with E-state index in [1.807, 2.05) is 0 Å². The van der Waals surface area contributed by atoms with Crippen LogP contribution in [0, 0.1) is 0 Å². The van der Waals surface area contributed by atoms with Crippen LogP contribution in [0.3, 0.4) is 0 Å². The molecule has 218 valence electrons. The first-order chi connectivity index (χ1) is 19.1. The molecule has 0 aliphatic carbocycles. The fourth-order valence-corrected chi connectivity index (χ4v) is 4.88. The number of benzene rings is 2. The highest BCUT2D eigenvalue weighted by Crippen LogP contribution is 2.42. The molecule has 5 rings (SSSR count). The van der Waals surface area contributed by atoms with E-state index >= 15 is 0 Å². The van der Waals surface area contributed by atoms with Gasteiger partial charge in [-0.15, -0.1) is 0 Å². The summed E-state index contributed by atoms with van der Waals surface area (Å²) in [5.74, 6) is -0.731. The van der Waals surface area contributed by atoms with E-state index in [4.69, 9.17) is 23.7 Å². The lowest BCUT2D eigenvalue weighted by molar-refractivity contribution is -0.339. The molecule has 2 saturated heterocycles. The van der Waals surface area contributed by atoms with E-state index in [1.54, 1.807) is 12.1 Å². The van der Waals surface area contributed by atoms with Gasteiger partial charge in [0.1, 0.15) is 77.4 Å². The normalized spacial score (nSPS) is 36.0. The Balaban J connectivity index is 1.24. The van der Waals surface area contributed by atoms with Crippen LogP contribution in [0.1, 0.15) is 28.4 Å². The zero-order chi connectivity index (χ0) is 28.7. The molecule has 3 aliphatic heterocycles. The topological polar surface area (TPSA) is 225 Å². The third kappa shape index (κ3) is 5.45. The molecule has 0 saturated carbocycles. The number of aliphatic hydroxyl groups is 6. The molecule has 0 amide bonds. The number of ketones is 1. The van der Waals surface area contributed by atoms with E-state index < -0.39 is 68.0 Å². The maximum atomic E-state index is 12.6. The smallest absolute Gasteiger partial charge is 0.229 e. The SMILES string of the molecule is O=C1C[C@@H](c2ccc(O[C@@H]3O[C@H](CO)[C@@H](O[C@@H]4OC[C@@H](O)[C@H](O)[C@H]4O)[C@@H](O)[C@H]3O)cc2)Oc2cc(O)cc(O)c21. The van der Waals surface area contributed by atoms with E-state index in [2.05, 4.69) is 0 Å². The summed E-state index contributed by atoms with van der Waals surface area (Å²) in [6, 6.07) is 8.52. The summed E-state index contributed by atoms with van der Waals surface area (Å²) in [7, 11) is 0. The Bertz CT molecular complexity index is 1200. The molecule has 3 heterocycles. The van der Waals surface area contributed by atoms with Gasteiger partial charge in [0.25, 0.3) is 0 Å². The fourth-order valence-electron chi connectivity index (χ4n) is 4.88. The number of hydrogen-bond acceptors (Lipinski definition) is 14. The van der Waals surface area contributed by atoms with Crippen LogP contribution in [0.25, 0.3) is 0 Å². The lowest BCUT2D eigenvalue weighted by Crippen LogP contribution is -2.63. The van der Waals surface area contributed by atoms with Crippen molar-refractivity contribution in [1.29, 1.82) is 0 Å². The van der Waals surface area contributed by atoms with Gasteiger partial charge in [0.05, 0.1) is 19.6 Å². The minimum Gasteiger partial charge on any atom is -0.508 e. The molecule has 10 atom stereocenters. The molecule has 0 bridgehead atoms. The Labute approximate surface area is 227 Å². The Hall–Kier alpha value is -3.05. The van der Waals surface area contributed by atoms with Crippen LogP contribution < -0.4 is 9.47 Å². The largest absolute Gasteiger partial charge is 0.508 e. The van der Waals surface area contributed by atoms with Crippen LogP contribution in [-0.2, 0) is 14.2 Å². The van der Waals surface area contributed by atoms with Crippen molar-refractivity contribution in [2.45, 2.75) is 67.8 Å². The average Bonchev–Trinajstić information content (AvgIpc) is 2.92. The minimum absolute atomic E-state index is 0.00459. The summed E-state index contributed by atoms with van der Waals surface area (Å²) in [6.07, 6.45) is -14.2. The molecule has 0 spiro atoms. The molecule has 2 aromatic carbocycles. The van der Waals surface area contributed by atoms with Gasteiger partial charge >= 0.3 is 0 Å². The standard InChI is InChI=1S/C26H30O14/c27-8-18-24(40-25-22(34)20(32)15(31)9-36-25)21(33)23(35)26(39-18)37-12-3-1-10(2-4-12)16-7-14(30)19-13(29)5-11(28)6-17(19)38-16/h1-6,15-16,18,20-29,31-35H,7-9H2/t15-,16+,18-,20+,21+,22-,23-,24-,25+,26-/m1/s1. The number of aromatic hydroxyl groups is 2. The zero-order valence-corrected chi connectivity index (χ0v) is 20.9. The van der Waals surface area contributed by atoms with Crippen molar-refractivity contribution in [1.82, 2.24) is 0 Å². The molecular weight excluding hydrogens is 536 g/mol.